The highest BCUT2D eigenvalue weighted by atomic mass is 35.5. The van der Waals surface area contributed by atoms with Gasteiger partial charge in [-0.15, -0.1) is 0 Å². The van der Waals surface area contributed by atoms with Gasteiger partial charge in [-0.2, -0.15) is 0 Å². The van der Waals surface area contributed by atoms with Crippen LogP contribution >= 0.6 is 11.6 Å². The Morgan fingerprint density at radius 2 is 2.00 bits per heavy atom. The van der Waals surface area contributed by atoms with Gasteiger partial charge in [-0.25, -0.2) is 4.79 Å². The molecule has 1 heterocycles. The number of hydrogen-bond donors (Lipinski definition) is 1. The van der Waals surface area contributed by atoms with Crippen LogP contribution in [0.15, 0.2) is 54.6 Å². The van der Waals surface area contributed by atoms with E-state index in [1.807, 2.05) is 24.3 Å². The van der Waals surface area contributed by atoms with Gasteiger partial charge in [-0.05, 0) is 41.7 Å². The number of methoxy groups -OCH3 is 1. The van der Waals surface area contributed by atoms with E-state index in [9.17, 15) is 4.79 Å². The Balaban J connectivity index is 1.82. The van der Waals surface area contributed by atoms with Crippen LogP contribution in [0, 0.1) is 5.92 Å². The zero-order valence-corrected chi connectivity index (χ0v) is 14.1. The molecule has 3 atom stereocenters. The van der Waals surface area contributed by atoms with Crippen LogP contribution in [0.3, 0.4) is 0 Å². The number of esters is 1. The molecule has 1 aliphatic heterocycles. The number of benzene rings is 2. The molecule has 0 amide bonds. The van der Waals surface area contributed by atoms with Gasteiger partial charge in [0.25, 0.3) is 0 Å². The Bertz CT molecular complexity index is 813. The Labute approximate surface area is 146 Å². The highest BCUT2D eigenvalue weighted by Gasteiger charge is 2.39. The van der Waals surface area contributed by atoms with Crippen molar-refractivity contribution in [3.63, 3.8) is 0 Å². The summed E-state index contributed by atoms with van der Waals surface area (Å²) in [7, 11) is 1.42. The average molecular weight is 340 g/mol. The lowest BCUT2D eigenvalue weighted by atomic mass is 9.76. The SMILES string of the molecule is COC(=O)c1cccc2c1NC(c1ccc(Cl)cc1)C1CC=CC21. The largest absolute Gasteiger partial charge is 0.465 e. The molecular formula is C20H18ClNO2. The van der Waals surface area contributed by atoms with Gasteiger partial charge in [0.15, 0.2) is 0 Å². The van der Waals surface area contributed by atoms with E-state index in [1.54, 1.807) is 0 Å². The molecule has 0 spiro atoms. The van der Waals surface area contributed by atoms with E-state index in [2.05, 4.69) is 35.7 Å². The molecule has 24 heavy (non-hydrogen) atoms. The van der Waals surface area contributed by atoms with Crippen LogP contribution in [0.25, 0.3) is 0 Å². The Morgan fingerprint density at radius 1 is 1.21 bits per heavy atom. The summed E-state index contributed by atoms with van der Waals surface area (Å²) >= 11 is 6.03. The first-order chi connectivity index (χ1) is 11.7. The lowest BCUT2D eigenvalue weighted by Crippen LogP contribution is -2.30. The second kappa shape index (κ2) is 5.99. The average Bonchev–Trinajstić information content (AvgIpc) is 3.10. The maximum absolute atomic E-state index is 12.2. The molecule has 0 radical (unpaired) electrons. The van der Waals surface area contributed by atoms with Crippen LogP contribution in [-0.4, -0.2) is 13.1 Å². The first-order valence-electron chi connectivity index (χ1n) is 8.09. The Kier molecular flexibility index (Phi) is 3.81. The third-order valence-corrected chi connectivity index (χ3v) is 5.28. The molecule has 2 aliphatic rings. The summed E-state index contributed by atoms with van der Waals surface area (Å²) in [6.07, 6.45) is 5.51. The van der Waals surface area contributed by atoms with Crippen molar-refractivity contribution >= 4 is 23.3 Å². The van der Waals surface area contributed by atoms with Gasteiger partial charge in [-0.3, -0.25) is 0 Å². The van der Waals surface area contributed by atoms with Crippen LogP contribution in [0.4, 0.5) is 5.69 Å². The second-order valence-electron chi connectivity index (χ2n) is 6.29. The molecule has 3 unspecified atom stereocenters. The molecule has 4 heteroatoms. The van der Waals surface area contributed by atoms with Crippen molar-refractivity contribution in [1.82, 2.24) is 0 Å². The minimum absolute atomic E-state index is 0.139. The highest BCUT2D eigenvalue weighted by molar-refractivity contribution is 6.30. The molecule has 1 aliphatic carbocycles. The fraction of sp³-hybridized carbons (Fsp3) is 0.250. The Morgan fingerprint density at radius 3 is 2.75 bits per heavy atom. The molecule has 0 saturated carbocycles. The van der Waals surface area contributed by atoms with E-state index >= 15 is 0 Å². The first-order valence-corrected chi connectivity index (χ1v) is 8.46. The van der Waals surface area contributed by atoms with E-state index in [0.29, 0.717) is 17.4 Å². The summed E-state index contributed by atoms with van der Waals surface area (Å²) in [6, 6.07) is 13.9. The van der Waals surface area contributed by atoms with Crippen molar-refractivity contribution in [2.45, 2.75) is 18.4 Å². The van der Waals surface area contributed by atoms with Crippen molar-refractivity contribution in [3.8, 4) is 0 Å². The van der Waals surface area contributed by atoms with Gasteiger partial charge in [0, 0.05) is 10.9 Å². The maximum atomic E-state index is 12.2. The molecule has 1 N–H and O–H groups in total. The lowest BCUT2D eigenvalue weighted by molar-refractivity contribution is 0.0601. The molecule has 0 bridgehead atoms. The molecule has 4 rings (SSSR count). The highest BCUT2D eigenvalue weighted by Crippen LogP contribution is 2.50. The lowest BCUT2D eigenvalue weighted by Gasteiger charge is -2.38. The molecule has 0 fully saturated rings. The summed E-state index contributed by atoms with van der Waals surface area (Å²) in [5.41, 5.74) is 3.83. The predicted molar refractivity (Wildman–Crippen MR) is 95.6 cm³/mol. The number of rotatable bonds is 2. The molecule has 122 valence electrons. The van der Waals surface area contributed by atoms with Crippen LogP contribution < -0.4 is 5.32 Å². The quantitative estimate of drug-likeness (QED) is 0.621. The van der Waals surface area contributed by atoms with Crippen LogP contribution in [0.1, 0.15) is 39.9 Å². The second-order valence-corrected chi connectivity index (χ2v) is 6.72. The summed E-state index contributed by atoms with van der Waals surface area (Å²) in [6.45, 7) is 0. The van der Waals surface area contributed by atoms with Gasteiger partial charge in [-0.1, -0.05) is 48.0 Å². The van der Waals surface area contributed by atoms with Crippen LogP contribution in [-0.2, 0) is 4.74 Å². The van der Waals surface area contributed by atoms with Crippen molar-refractivity contribution in [2.24, 2.45) is 5.92 Å². The predicted octanol–water partition coefficient (Wildman–Crippen LogP) is 4.95. The topological polar surface area (TPSA) is 38.3 Å². The number of ether oxygens (including phenoxy) is 1. The van der Waals surface area contributed by atoms with Crippen molar-refractivity contribution < 1.29 is 9.53 Å². The van der Waals surface area contributed by atoms with Crippen molar-refractivity contribution in [2.75, 3.05) is 12.4 Å². The fourth-order valence-electron chi connectivity index (χ4n) is 3.90. The number of nitrogens with one attached hydrogen (secondary N) is 1. The minimum atomic E-state index is -0.311. The first kappa shape index (κ1) is 15.3. The van der Waals surface area contributed by atoms with E-state index in [4.69, 9.17) is 16.3 Å². The van der Waals surface area contributed by atoms with Gasteiger partial charge in [0.2, 0.25) is 0 Å². The summed E-state index contributed by atoms with van der Waals surface area (Å²) in [4.78, 5) is 12.2. The number of carbonyl (C=O) groups is 1. The zero-order valence-electron chi connectivity index (χ0n) is 13.3. The van der Waals surface area contributed by atoms with Gasteiger partial charge in [0.05, 0.1) is 24.4 Å². The number of carbonyl (C=O) groups excluding carboxylic acids is 1. The number of para-hydroxylation sites is 1. The Hall–Kier alpha value is -2.26. The molecule has 0 saturated heterocycles. The van der Waals surface area contributed by atoms with Gasteiger partial charge in [0.1, 0.15) is 0 Å². The van der Waals surface area contributed by atoms with E-state index < -0.39 is 0 Å². The van der Waals surface area contributed by atoms with Crippen LogP contribution in [0.2, 0.25) is 5.02 Å². The van der Waals surface area contributed by atoms with Gasteiger partial charge < -0.3 is 10.1 Å². The number of allylic oxidation sites excluding steroid dienone is 2. The molecule has 2 aromatic carbocycles. The number of anilines is 1. The minimum Gasteiger partial charge on any atom is -0.465 e. The summed E-state index contributed by atoms with van der Waals surface area (Å²) in [5, 5.41) is 4.33. The smallest absolute Gasteiger partial charge is 0.339 e. The molecule has 3 nitrogen and oxygen atoms in total. The summed E-state index contributed by atoms with van der Waals surface area (Å²) < 4.78 is 4.96. The standard InChI is InChI=1S/C20H18ClNO2/c1-24-20(23)17-7-3-6-16-14-4-2-5-15(14)18(22-19(16)17)12-8-10-13(21)11-9-12/h2-4,6-11,14-15,18,22H,5H2,1H3. The van der Waals surface area contributed by atoms with E-state index in [1.165, 1.54) is 18.2 Å². The van der Waals surface area contributed by atoms with Crippen molar-refractivity contribution in [3.05, 3.63) is 76.3 Å². The monoisotopic (exact) mass is 339 g/mol. The number of halogens is 1. The van der Waals surface area contributed by atoms with E-state index in [-0.39, 0.29) is 12.0 Å². The third-order valence-electron chi connectivity index (χ3n) is 5.03. The summed E-state index contributed by atoms with van der Waals surface area (Å²) in [5.74, 6) is 0.438. The molecular weight excluding hydrogens is 322 g/mol. The number of hydrogen-bond acceptors (Lipinski definition) is 3. The maximum Gasteiger partial charge on any atom is 0.339 e. The van der Waals surface area contributed by atoms with Crippen LogP contribution in [0.5, 0.6) is 0 Å². The van der Waals surface area contributed by atoms with Gasteiger partial charge >= 0.3 is 5.97 Å². The zero-order chi connectivity index (χ0) is 16.7. The molecule has 2 aromatic rings. The van der Waals surface area contributed by atoms with Crippen molar-refractivity contribution in [1.29, 1.82) is 0 Å². The van der Waals surface area contributed by atoms with E-state index in [0.717, 1.165) is 17.1 Å². The fourth-order valence-corrected chi connectivity index (χ4v) is 4.03. The number of fused-ring (bicyclic) bond motifs is 3. The third kappa shape index (κ3) is 2.40. The normalized spacial score (nSPS) is 24.0. The molecule has 0 aromatic heterocycles.